The van der Waals surface area contributed by atoms with E-state index in [1.54, 1.807) is 6.92 Å². The van der Waals surface area contributed by atoms with E-state index in [1.165, 1.54) is 30.2 Å². The predicted octanol–water partition coefficient (Wildman–Crippen LogP) is 1.26. The predicted molar refractivity (Wildman–Crippen MR) is 71.0 cm³/mol. The van der Waals surface area contributed by atoms with E-state index in [0.717, 1.165) is 0 Å². The molecule has 0 atom stereocenters. The van der Waals surface area contributed by atoms with Crippen LogP contribution in [0.2, 0.25) is 0 Å². The topological polar surface area (TPSA) is 109 Å². The summed E-state index contributed by atoms with van der Waals surface area (Å²) in [6.45, 7) is 1.72. The van der Waals surface area contributed by atoms with Crippen LogP contribution in [0, 0.1) is 6.92 Å². The van der Waals surface area contributed by atoms with E-state index < -0.39 is 11.9 Å². The number of carboxylic acid groups (broad SMARTS) is 2. The van der Waals surface area contributed by atoms with Gasteiger partial charge in [0.1, 0.15) is 7.11 Å². The number of oxime groups is 1. The first-order chi connectivity index (χ1) is 8.93. The van der Waals surface area contributed by atoms with Gasteiger partial charge in [-0.1, -0.05) is 16.9 Å². The number of hydrogen-bond donors (Lipinski definition) is 2. The summed E-state index contributed by atoms with van der Waals surface area (Å²) in [5.41, 5.74) is 0.524. The quantitative estimate of drug-likeness (QED) is 0.443. The molecule has 7 nitrogen and oxygen atoms in total. The fourth-order valence-electron chi connectivity index (χ4n) is 1.13. The van der Waals surface area contributed by atoms with E-state index in [1.807, 2.05) is 0 Å². The molecule has 0 aliphatic carbocycles. The van der Waals surface area contributed by atoms with Crippen molar-refractivity contribution in [1.82, 2.24) is 4.98 Å². The molecule has 9 heteroatoms. The molecule has 0 fully saturated rings. The van der Waals surface area contributed by atoms with Gasteiger partial charge in [0.25, 0.3) is 0 Å². The van der Waals surface area contributed by atoms with Crippen LogP contribution >= 0.6 is 23.1 Å². The van der Waals surface area contributed by atoms with Gasteiger partial charge in [0.05, 0.1) is 17.9 Å². The van der Waals surface area contributed by atoms with Crippen LogP contribution in [0.5, 0.6) is 0 Å². The molecular formula is C10H12N2O5S2. The van der Waals surface area contributed by atoms with Crippen LogP contribution in [-0.2, 0) is 20.8 Å². The number of rotatable bonds is 7. The van der Waals surface area contributed by atoms with Crippen LogP contribution < -0.4 is 0 Å². The van der Waals surface area contributed by atoms with Gasteiger partial charge >= 0.3 is 11.9 Å². The highest BCUT2D eigenvalue weighted by Crippen LogP contribution is 2.27. The standard InChI is InChI=1S/C10H12N2O5S2/c1-5-7(3-8(13)14)19-10(11-5)18-4-6(9(15)16)12-17-2/h3-4H2,1-2H3,(H,13,14)(H,15,16)/b12-6-. The second-order valence-corrected chi connectivity index (χ2v) is 5.68. The lowest BCUT2D eigenvalue weighted by Gasteiger charge is -1.97. The summed E-state index contributed by atoms with van der Waals surface area (Å²) in [7, 11) is 1.27. The molecule has 0 amide bonds. The Kier molecular flexibility index (Phi) is 5.77. The van der Waals surface area contributed by atoms with Gasteiger partial charge in [0.2, 0.25) is 0 Å². The van der Waals surface area contributed by atoms with Gasteiger partial charge in [-0.05, 0) is 6.92 Å². The summed E-state index contributed by atoms with van der Waals surface area (Å²) < 4.78 is 0.610. The molecule has 0 saturated heterocycles. The molecule has 0 saturated carbocycles. The second-order valence-electron chi connectivity index (χ2n) is 3.37. The Morgan fingerprint density at radius 1 is 1.47 bits per heavy atom. The molecule has 1 aromatic rings. The Hall–Kier alpha value is -1.61. The van der Waals surface area contributed by atoms with Crippen molar-refractivity contribution in [3.05, 3.63) is 10.6 Å². The van der Waals surface area contributed by atoms with E-state index in [0.29, 0.717) is 14.9 Å². The van der Waals surface area contributed by atoms with Crippen LogP contribution in [0.1, 0.15) is 10.6 Å². The van der Waals surface area contributed by atoms with E-state index in [9.17, 15) is 9.59 Å². The smallest absolute Gasteiger partial charge is 0.354 e. The fourth-order valence-corrected chi connectivity index (χ4v) is 3.27. The van der Waals surface area contributed by atoms with Crippen molar-refractivity contribution in [2.24, 2.45) is 5.16 Å². The lowest BCUT2D eigenvalue weighted by atomic mass is 10.3. The van der Waals surface area contributed by atoms with Gasteiger partial charge in [0, 0.05) is 4.88 Å². The highest BCUT2D eigenvalue weighted by atomic mass is 32.2. The molecule has 1 heterocycles. The van der Waals surface area contributed by atoms with Crippen LogP contribution in [0.25, 0.3) is 0 Å². The molecule has 0 bridgehead atoms. The van der Waals surface area contributed by atoms with Crippen LogP contribution in [0.3, 0.4) is 0 Å². The van der Waals surface area contributed by atoms with Crippen molar-refractivity contribution in [3.63, 3.8) is 0 Å². The Morgan fingerprint density at radius 3 is 2.68 bits per heavy atom. The minimum Gasteiger partial charge on any atom is -0.481 e. The Balaban J connectivity index is 2.70. The Morgan fingerprint density at radius 2 is 2.16 bits per heavy atom. The number of carbonyl (C=O) groups is 2. The third-order valence-electron chi connectivity index (χ3n) is 1.97. The molecule has 0 aliphatic heterocycles. The molecule has 0 aliphatic rings. The molecule has 0 aromatic carbocycles. The van der Waals surface area contributed by atoms with Gasteiger partial charge in [0.15, 0.2) is 10.1 Å². The second kappa shape index (κ2) is 7.10. The summed E-state index contributed by atoms with van der Waals surface area (Å²) in [5.74, 6) is -1.98. The highest BCUT2D eigenvalue weighted by molar-refractivity contribution is 8.01. The summed E-state index contributed by atoms with van der Waals surface area (Å²) in [6, 6.07) is 0. The van der Waals surface area contributed by atoms with Gasteiger partial charge in [-0.25, -0.2) is 9.78 Å². The van der Waals surface area contributed by atoms with Gasteiger partial charge < -0.3 is 15.1 Å². The third-order valence-corrected chi connectivity index (χ3v) is 4.28. The zero-order valence-electron chi connectivity index (χ0n) is 10.2. The number of hydrogen-bond acceptors (Lipinski definition) is 7. The zero-order chi connectivity index (χ0) is 14.4. The lowest BCUT2D eigenvalue weighted by Crippen LogP contribution is -2.15. The van der Waals surface area contributed by atoms with Crippen molar-refractivity contribution in [1.29, 1.82) is 0 Å². The van der Waals surface area contributed by atoms with E-state index in [4.69, 9.17) is 10.2 Å². The van der Waals surface area contributed by atoms with Crippen molar-refractivity contribution in [3.8, 4) is 0 Å². The van der Waals surface area contributed by atoms with Crippen molar-refractivity contribution >= 4 is 40.7 Å². The maximum Gasteiger partial charge on any atom is 0.354 e. The summed E-state index contributed by atoms with van der Waals surface area (Å²) in [4.78, 5) is 30.7. The minimum atomic E-state index is -1.16. The number of aryl methyl sites for hydroxylation is 1. The van der Waals surface area contributed by atoms with E-state index in [2.05, 4.69) is 15.0 Å². The number of aliphatic carboxylic acids is 2. The number of carboxylic acids is 2. The molecule has 0 radical (unpaired) electrons. The number of aromatic nitrogens is 1. The summed E-state index contributed by atoms with van der Waals surface area (Å²) in [5, 5.41) is 21.0. The molecule has 0 unspecified atom stereocenters. The Bertz CT molecular complexity index is 512. The first-order valence-electron chi connectivity index (χ1n) is 5.08. The zero-order valence-corrected chi connectivity index (χ0v) is 11.9. The molecule has 19 heavy (non-hydrogen) atoms. The molecule has 0 spiro atoms. The first kappa shape index (κ1) is 15.4. The lowest BCUT2D eigenvalue weighted by molar-refractivity contribution is -0.136. The maximum absolute atomic E-state index is 10.8. The summed E-state index contributed by atoms with van der Waals surface area (Å²) in [6.07, 6.45) is -0.0813. The third kappa shape index (κ3) is 4.87. The molecular weight excluding hydrogens is 292 g/mol. The average Bonchev–Trinajstić information content (AvgIpc) is 2.64. The largest absolute Gasteiger partial charge is 0.481 e. The van der Waals surface area contributed by atoms with E-state index in [-0.39, 0.29) is 17.9 Å². The molecule has 2 N–H and O–H groups in total. The van der Waals surface area contributed by atoms with Crippen LogP contribution in [0.4, 0.5) is 0 Å². The van der Waals surface area contributed by atoms with Gasteiger partial charge in [-0.3, -0.25) is 4.79 Å². The Labute approximate surface area is 117 Å². The number of thiazole rings is 1. The average molecular weight is 304 g/mol. The molecule has 104 valence electrons. The van der Waals surface area contributed by atoms with Gasteiger partial charge in [-0.2, -0.15) is 0 Å². The SMILES string of the molecule is CO/N=C(/CSc1nc(C)c(CC(=O)O)s1)C(=O)O. The van der Waals surface area contributed by atoms with Gasteiger partial charge in [-0.15, -0.1) is 11.3 Å². The van der Waals surface area contributed by atoms with Crippen molar-refractivity contribution in [2.75, 3.05) is 12.9 Å². The highest BCUT2D eigenvalue weighted by Gasteiger charge is 2.15. The van der Waals surface area contributed by atoms with Crippen LogP contribution in [0.15, 0.2) is 9.50 Å². The van der Waals surface area contributed by atoms with E-state index >= 15 is 0 Å². The fraction of sp³-hybridized carbons (Fsp3) is 0.400. The van der Waals surface area contributed by atoms with Crippen molar-refractivity contribution in [2.45, 2.75) is 17.7 Å². The molecule has 1 rings (SSSR count). The molecule has 1 aromatic heterocycles. The van der Waals surface area contributed by atoms with Crippen molar-refractivity contribution < 1.29 is 24.6 Å². The monoisotopic (exact) mass is 304 g/mol. The minimum absolute atomic E-state index is 0.0813. The number of thioether (sulfide) groups is 1. The first-order valence-corrected chi connectivity index (χ1v) is 6.88. The van der Waals surface area contributed by atoms with Crippen LogP contribution in [-0.4, -0.2) is 45.7 Å². The summed E-state index contributed by atoms with van der Waals surface area (Å²) >= 11 is 2.42. The normalized spacial score (nSPS) is 11.4. The number of nitrogens with zero attached hydrogens (tertiary/aromatic N) is 2. The maximum atomic E-state index is 10.8.